The van der Waals surface area contributed by atoms with Gasteiger partial charge in [0.25, 0.3) is 0 Å². The fourth-order valence-corrected chi connectivity index (χ4v) is 11.1. The van der Waals surface area contributed by atoms with Crippen LogP contribution in [0.25, 0.3) is 0 Å². The third kappa shape index (κ3) is 7.87. The maximum atomic E-state index is 12.8. The van der Waals surface area contributed by atoms with Crippen LogP contribution < -0.4 is 0 Å². The van der Waals surface area contributed by atoms with E-state index in [1.165, 1.54) is 50.5 Å². The first-order valence-electron chi connectivity index (χ1n) is 19.5. The fourth-order valence-electron chi connectivity index (χ4n) is 11.1. The van der Waals surface area contributed by atoms with E-state index in [4.69, 9.17) is 18.9 Å². The van der Waals surface area contributed by atoms with Crippen molar-refractivity contribution in [1.29, 1.82) is 0 Å². The van der Waals surface area contributed by atoms with E-state index in [1.54, 1.807) is 6.92 Å². The minimum Gasteiger partial charge on any atom is -0.463 e. The van der Waals surface area contributed by atoms with E-state index in [-0.39, 0.29) is 36.9 Å². The molecule has 0 aromatic heterocycles. The van der Waals surface area contributed by atoms with Crippen LogP contribution in [0.4, 0.5) is 0 Å². The van der Waals surface area contributed by atoms with E-state index in [1.807, 2.05) is 6.92 Å². The van der Waals surface area contributed by atoms with Crippen LogP contribution in [0.5, 0.6) is 0 Å². The molecule has 13 atom stereocenters. The maximum absolute atomic E-state index is 12.8. The Labute approximate surface area is 290 Å². The van der Waals surface area contributed by atoms with E-state index in [0.717, 1.165) is 61.2 Å². The van der Waals surface area contributed by atoms with Crippen molar-refractivity contribution < 1.29 is 38.7 Å². The zero-order valence-corrected chi connectivity index (χ0v) is 31.0. The molecule has 0 amide bonds. The van der Waals surface area contributed by atoms with Crippen molar-refractivity contribution in [2.45, 2.75) is 163 Å². The first-order chi connectivity index (χ1) is 22.8. The number of hydrogen-bond acceptors (Lipinski definition) is 8. The van der Waals surface area contributed by atoms with Gasteiger partial charge in [0, 0.05) is 18.9 Å². The Hall–Kier alpha value is -1.48. The minimum atomic E-state index is -1.13. The molecule has 2 N–H and O–H groups in total. The van der Waals surface area contributed by atoms with Gasteiger partial charge in [-0.25, -0.2) is 0 Å². The molecule has 4 fully saturated rings. The van der Waals surface area contributed by atoms with Crippen molar-refractivity contribution in [2.24, 2.45) is 52.3 Å². The molecule has 8 nitrogen and oxygen atoms in total. The third-order valence-corrected chi connectivity index (χ3v) is 13.9. The highest BCUT2D eigenvalue weighted by molar-refractivity contribution is 5.77. The van der Waals surface area contributed by atoms with Crippen LogP contribution in [0.15, 0.2) is 11.6 Å². The van der Waals surface area contributed by atoms with Crippen LogP contribution in [0.1, 0.15) is 132 Å². The number of hydrogen-bond donors (Lipinski definition) is 2. The van der Waals surface area contributed by atoms with Gasteiger partial charge in [-0.15, -0.1) is 0 Å². The molecular weight excluding hydrogens is 608 g/mol. The van der Waals surface area contributed by atoms with Gasteiger partial charge in [-0.05, 0) is 98.2 Å². The lowest BCUT2D eigenvalue weighted by atomic mass is 9.47. The van der Waals surface area contributed by atoms with E-state index in [0.29, 0.717) is 12.0 Å². The Bertz CT molecular complexity index is 1140. The Morgan fingerprint density at radius 3 is 2.48 bits per heavy atom. The summed E-state index contributed by atoms with van der Waals surface area (Å²) in [6.07, 6.45) is 12.0. The molecule has 6 unspecified atom stereocenters. The molecule has 1 heterocycles. The number of aliphatic hydroxyl groups is 2. The summed E-state index contributed by atoms with van der Waals surface area (Å²) < 4.78 is 22.3. The zero-order chi connectivity index (χ0) is 34.8. The molecule has 0 aromatic rings. The SMILES string of the molecule is CCO[C@@H]1C(C)C(O)OC(COC(=O)CCC(=O)O[C@H]2CC[C@@]3(C)C(=CCC4C3CC[C@@]3(C)C4CC[C@@H]3[C@H](C)CCCC(C)C)C2)[C@H]1O. The lowest BCUT2D eigenvalue weighted by Gasteiger charge is -2.58. The number of carbonyl (C=O) groups excluding carboxylic acids is 2. The van der Waals surface area contributed by atoms with Crippen LogP contribution in [0.3, 0.4) is 0 Å². The second-order valence-corrected chi connectivity index (χ2v) is 17.2. The average Bonchev–Trinajstić information content (AvgIpc) is 3.40. The molecule has 4 aliphatic carbocycles. The van der Waals surface area contributed by atoms with Gasteiger partial charge < -0.3 is 29.2 Å². The zero-order valence-electron chi connectivity index (χ0n) is 31.0. The Kier molecular flexibility index (Phi) is 12.4. The molecule has 48 heavy (non-hydrogen) atoms. The lowest BCUT2D eigenvalue weighted by molar-refractivity contribution is -0.275. The van der Waals surface area contributed by atoms with Gasteiger partial charge in [0.15, 0.2) is 6.29 Å². The number of rotatable bonds is 13. The molecule has 5 rings (SSSR count). The van der Waals surface area contributed by atoms with Crippen LogP contribution in [-0.2, 0) is 28.5 Å². The van der Waals surface area contributed by atoms with E-state index >= 15 is 0 Å². The summed E-state index contributed by atoms with van der Waals surface area (Å²) in [5.41, 5.74) is 2.15. The van der Waals surface area contributed by atoms with Crippen molar-refractivity contribution in [3.05, 3.63) is 11.6 Å². The molecule has 0 spiro atoms. The van der Waals surface area contributed by atoms with Gasteiger partial charge in [0.2, 0.25) is 0 Å². The first kappa shape index (κ1) is 37.8. The van der Waals surface area contributed by atoms with Crippen molar-refractivity contribution in [1.82, 2.24) is 0 Å². The number of fused-ring (bicyclic) bond motifs is 5. The smallest absolute Gasteiger partial charge is 0.306 e. The second kappa shape index (κ2) is 15.8. The summed E-state index contributed by atoms with van der Waals surface area (Å²) in [6, 6.07) is 0. The topological polar surface area (TPSA) is 112 Å². The van der Waals surface area contributed by atoms with Gasteiger partial charge in [-0.2, -0.15) is 0 Å². The Morgan fingerprint density at radius 2 is 1.75 bits per heavy atom. The van der Waals surface area contributed by atoms with E-state index < -0.39 is 36.5 Å². The quantitative estimate of drug-likeness (QED) is 0.154. The van der Waals surface area contributed by atoms with Crippen molar-refractivity contribution >= 4 is 11.9 Å². The molecule has 1 saturated heterocycles. The van der Waals surface area contributed by atoms with Crippen LogP contribution >= 0.6 is 0 Å². The standard InChI is InChI=1S/C40H66O8/c1-8-45-37-26(5)38(44)48-33(36(37)43)23-46-34(41)16-17-35(42)47-28-18-20-39(6)27(22-28)12-13-29-31-15-14-30(25(4)11-9-10-24(2)3)40(31,7)21-19-32(29)39/h12,24-26,28-33,36-38,43-44H,8-11,13-23H2,1-7H3/t25-,26?,28+,29?,30-,31?,32?,33?,36-,37-,38?,39+,40-/m1/s1. The fraction of sp³-hybridized carbons (Fsp3) is 0.900. The Balaban J connectivity index is 1.08. The predicted molar refractivity (Wildman–Crippen MR) is 185 cm³/mol. The second-order valence-electron chi connectivity index (χ2n) is 17.2. The van der Waals surface area contributed by atoms with E-state index in [9.17, 15) is 19.8 Å². The van der Waals surface area contributed by atoms with Crippen molar-refractivity contribution in [2.75, 3.05) is 13.2 Å². The normalized spacial score (nSPS) is 41.5. The summed E-state index contributed by atoms with van der Waals surface area (Å²) in [6.45, 7) is 16.1. The summed E-state index contributed by atoms with van der Waals surface area (Å²) >= 11 is 0. The number of allylic oxidation sites excluding steroid dienone is 1. The lowest BCUT2D eigenvalue weighted by Crippen LogP contribution is -2.56. The van der Waals surface area contributed by atoms with Crippen molar-refractivity contribution in [3.8, 4) is 0 Å². The number of aliphatic hydroxyl groups excluding tert-OH is 2. The van der Waals surface area contributed by atoms with Crippen LogP contribution in [0.2, 0.25) is 0 Å². The predicted octanol–water partition coefficient (Wildman–Crippen LogP) is 7.38. The number of esters is 2. The molecule has 0 aromatic carbocycles. The summed E-state index contributed by atoms with van der Waals surface area (Å²) in [7, 11) is 0. The van der Waals surface area contributed by atoms with Gasteiger partial charge in [0.1, 0.15) is 24.9 Å². The van der Waals surface area contributed by atoms with Gasteiger partial charge in [-0.1, -0.05) is 72.5 Å². The molecule has 1 aliphatic heterocycles. The van der Waals surface area contributed by atoms with Gasteiger partial charge in [0.05, 0.1) is 18.9 Å². The molecule has 0 radical (unpaired) electrons. The third-order valence-electron chi connectivity index (χ3n) is 13.9. The molecular formula is C40H66O8. The number of carbonyl (C=O) groups is 2. The summed E-state index contributed by atoms with van der Waals surface area (Å²) in [5, 5.41) is 20.8. The number of ether oxygens (including phenoxy) is 4. The average molecular weight is 675 g/mol. The minimum absolute atomic E-state index is 0.0526. The van der Waals surface area contributed by atoms with Gasteiger partial charge in [-0.3, -0.25) is 9.59 Å². The molecule has 3 saturated carbocycles. The maximum Gasteiger partial charge on any atom is 0.306 e. The molecule has 0 bridgehead atoms. The highest BCUT2D eigenvalue weighted by atomic mass is 16.6. The molecule has 274 valence electrons. The largest absolute Gasteiger partial charge is 0.463 e. The van der Waals surface area contributed by atoms with Crippen molar-refractivity contribution in [3.63, 3.8) is 0 Å². The molecule has 8 heteroatoms. The Morgan fingerprint density at radius 1 is 1.00 bits per heavy atom. The first-order valence-corrected chi connectivity index (χ1v) is 19.5. The summed E-state index contributed by atoms with van der Waals surface area (Å²) in [4.78, 5) is 25.3. The highest BCUT2D eigenvalue weighted by Gasteiger charge is 2.59. The van der Waals surface area contributed by atoms with Crippen LogP contribution in [0, 0.1) is 52.3 Å². The van der Waals surface area contributed by atoms with Gasteiger partial charge >= 0.3 is 11.9 Å². The van der Waals surface area contributed by atoms with Crippen LogP contribution in [-0.4, -0.2) is 66.1 Å². The molecule has 5 aliphatic rings. The monoisotopic (exact) mass is 674 g/mol. The highest BCUT2D eigenvalue weighted by Crippen LogP contribution is 2.67. The summed E-state index contributed by atoms with van der Waals surface area (Å²) in [5.74, 6) is 3.43. The van der Waals surface area contributed by atoms with E-state index in [2.05, 4.69) is 40.7 Å².